The summed E-state index contributed by atoms with van der Waals surface area (Å²) in [5, 5.41) is 16.3. The normalized spacial score (nSPS) is 14.7. The molecule has 1 aliphatic rings. The highest BCUT2D eigenvalue weighted by molar-refractivity contribution is 5.87. The molecule has 0 aromatic heterocycles. The second-order valence-corrected chi connectivity index (χ2v) is 4.83. The summed E-state index contributed by atoms with van der Waals surface area (Å²) in [5.74, 6) is -1.28. The molecule has 20 heavy (non-hydrogen) atoms. The minimum absolute atomic E-state index is 0.0486. The van der Waals surface area contributed by atoms with E-state index in [1.165, 1.54) is 19.3 Å². The van der Waals surface area contributed by atoms with Gasteiger partial charge >= 0.3 is 11.9 Å². The van der Waals surface area contributed by atoms with Crippen LogP contribution in [0, 0.1) is 0 Å². The van der Waals surface area contributed by atoms with Crippen LogP contribution >= 0.6 is 0 Å². The first-order valence-electron chi connectivity index (χ1n) is 6.77. The quantitative estimate of drug-likeness (QED) is 0.598. The third-order valence-electron chi connectivity index (χ3n) is 2.89. The number of rotatable bonds is 5. The van der Waals surface area contributed by atoms with Crippen LogP contribution in [0.2, 0.25) is 0 Å². The van der Waals surface area contributed by atoms with Crippen molar-refractivity contribution < 1.29 is 24.5 Å². The number of ether oxygens (including phenoxy) is 1. The molecule has 0 atom stereocenters. The number of carboxylic acids is 1. The average molecular weight is 284 g/mol. The molecule has 0 unspecified atom stereocenters. The molecule has 0 radical (unpaired) electrons. The number of hydrogen-bond donors (Lipinski definition) is 2. The fourth-order valence-electron chi connectivity index (χ4n) is 1.68. The van der Waals surface area contributed by atoms with Crippen LogP contribution in [0.15, 0.2) is 24.3 Å². The van der Waals surface area contributed by atoms with Gasteiger partial charge in [0, 0.05) is 24.2 Å². The lowest BCUT2D eigenvalue weighted by Gasteiger charge is -2.21. The van der Waals surface area contributed by atoms with Gasteiger partial charge in [-0.15, -0.1) is 0 Å². The van der Waals surface area contributed by atoms with Gasteiger partial charge in [0.15, 0.2) is 0 Å². The van der Waals surface area contributed by atoms with Crippen molar-refractivity contribution in [2.45, 2.75) is 51.6 Å². The summed E-state index contributed by atoms with van der Waals surface area (Å²) in [4.78, 5) is 21.0. The Morgan fingerprint density at radius 2 is 1.75 bits per heavy atom. The minimum Gasteiger partial charge on any atom is -0.478 e. The maximum atomic E-state index is 11.1. The molecule has 1 rings (SSSR count). The number of aliphatic carboxylic acids is 1. The number of aliphatic hydroxyl groups is 1. The first-order valence-corrected chi connectivity index (χ1v) is 6.77. The first-order chi connectivity index (χ1) is 9.38. The van der Waals surface area contributed by atoms with Crippen LogP contribution in [0.1, 0.15) is 45.4 Å². The van der Waals surface area contributed by atoms with Gasteiger partial charge in [-0.2, -0.15) is 0 Å². The minimum atomic E-state index is -1.04. The molecule has 0 aromatic carbocycles. The molecule has 0 saturated heterocycles. The van der Waals surface area contributed by atoms with Crippen molar-refractivity contribution in [1.82, 2.24) is 0 Å². The molecule has 5 nitrogen and oxygen atoms in total. The summed E-state index contributed by atoms with van der Waals surface area (Å²) in [6, 6.07) is 0. The molecular formula is C15H24O5. The largest absolute Gasteiger partial charge is 0.478 e. The Morgan fingerprint density at radius 3 is 2.10 bits per heavy atom. The van der Waals surface area contributed by atoms with Crippen molar-refractivity contribution >= 4 is 11.9 Å². The Balaban J connectivity index is 0.000000396. The van der Waals surface area contributed by atoms with E-state index < -0.39 is 5.97 Å². The fraction of sp³-hybridized carbons (Fsp3) is 0.600. The molecule has 0 heterocycles. The van der Waals surface area contributed by atoms with E-state index >= 15 is 0 Å². The lowest BCUT2D eigenvalue weighted by molar-refractivity contribution is -0.145. The predicted octanol–water partition coefficient (Wildman–Crippen LogP) is 2.45. The van der Waals surface area contributed by atoms with Gasteiger partial charge in [0.1, 0.15) is 6.10 Å². The second kappa shape index (κ2) is 10.2. The number of esters is 1. The number of aliphatic hydroxyl groups excluding tert-OH is 1. The molecule has 0 aliphatic heterocycles. The van der Waals surface area contributed by atoms with E-state index in [0.29, 0.717) is 5.57 Å². The standard InChI is InChI=1S/C10H16O2.C5H8O3/c1-8(2)10(11)12-9-6-4-3-5-7-9;1-4(2-3-6)5(7)8/h9H,1,3-7H2,2H3;6H,1-3H2,(H,7,8). The Hall–Kier alpha value is -1.62. The van der Waals surface area contributed by atoms with E-state index in [2.05, 4.69) is 13.2 Å². The molecule has 0 spiro atoms. The summed E-state index contributed by atoms with van der Waals surface area (Å²) in [6.07, 6.45) is 6.01. The Kier molecular flexibility index (Phi) is 9.38. The summed E-state index contributed by atoms with van der Waals surface area (Å²) >= 11 is 0. The third kappa shape index (κ3) is 8.48. The van der Waals surface area contributed by atoms with Gasteiger partial charge in [0.05, 0.1) is 0 Å². The average Bonchev–Trinajstić information content (AvgIpc) is 2.40. The molecule has 5 heteroatoms. The van der Waals surface area contributed by atoms with Crippen LogP contribution < -0.4 is 0 Å². The van der Waals surface area contributed by atoms with E-state index in [1.54, 1.807) is 6.92 Å². The zero-order valence-corrected chi connectivity index (χ0v) is 12.1. The van der Waals surface area contributed by atoms with Gasteiger partial charge in [0.25, 0.3) is 0 Å². The highest BCUT2D eigenvalue weighted by Gasteiger charge is 2.17. The van der Waals surface area contributed by atoms with E-state index in [4.69, 9.17) is 14.9 Å². The highest BCUT2D eigenvalue weighted by atomic mass is 16.5. The first kappa shape index (κ1) is 18.4. The zero-order valence-electron chi connectivity index (χ0n) is 12.1. The van der Waals surface area contributed by atoms with Crippen LogP contribution in [0.25, 0.3) is 0 Å². The van der Waals surface area contributed by atoms with Gasteiger partial charge in [-0.05, 0) is 32.6 Å². The Bertz CT molecular complexity index is 353. The second-order valence-electron chi connectivity index (χ2n) is 4.83. The number of carboxylic acid groups (broad SMARTS) is 1. The molecule has 1 saturated carbocycles. The third-order valence-corrected chi connectivity index (χ3v) is 2.89. The summed E-state index contributed by atoms with van der Waals surface area (Å²) in [7, 11) is 0. The zero-order chi connectivity index (χ0) is 15.5. The smallest absolute Gasteiger partial charge is 0.333 e. The van der Waals surface area contributed by atoms with Crippen molar-refractivity contribution in [3.8, 4) is 0 Å². The van der Waals surface area contributed by atoms with Crippen LogP contribution in [0.4, 0.5) is 0 Å². The lowest BCUT2D eigenvalue weighted by atomic mass is 9.98. The van der Waals surface area contributed by atoms with Crippen molar-refractivity contribution in [1.29, 1.82) is 0 Å². The molecule has 1 fully saturated rings. The van der Waals surface area contributed by atoms with Crippen molar-refractivity contribution in [3.63, 3.8) is 0 Å². The Morgan fingerprint density at radius 1 is 1.20 bits per heavy atom. The lowest BCUT2D eigenvalue weighted by Crippen LogP contribution is -2.20. The molecular weight excluding hydrogens is 260 g/mol. The maximum absolute atomic E-state index is 11.1. The monoisotopic (exact) mass is 284 g/mol. The van der Waals surface area contributed by atoms with E-state index in [-0.39, 0.29) is 30.7 Å². The SMILES string of the molecule is C=C(C)C(=O)OC1CCCCC1.C=C(CCO)C(=O)O. The van der Waals surface area contributed by atoms with E-state index in [0.717, 1.165) is 12.8 Å². The molecule has 0 aromatic rings. The molecule has 0 bridgehead atoms. The topological polar surface area (TPSA) is 83.8 Å². The maximum Gasteiger partial charge on any atom is 0.333 e. The number of carbonyl (C=O) groups is 2. The van der Waals surface area contributed by atoms with Crippen LogP contribution in [-0.2, 0) is 14.3 Å². The van der Waals surface area contributed by atoms with Crippen molar-refractivity contribution in [2.75, 3.05) is 6.61 Å². The molecule has 1 aliphatic carbocycles. The number of carbonyl (C=O) groups excluding carboxylic acids is 1. The van der Waals surface area contributed by atoms with Crippen LogP contribution in [-0.4, -0.2) is 34.9 Å². The molecule has 2 N–H and O–H groups in total. The Labute approximate surface area is 119 Å². The summed E-state index contributed by atoms with van der Waals surface area (Å²) in [6.45, 7) is 8.27. The van der Waals surface area contributed by atoms with Gasteiger partial charge in [0.2, 0.25) is 0 Å². The highest BCUT2D eigenvalue weighted by Crippen LogP contribution is 2.20. The summed E-state index contributed by atoms with van der Waals surface area (Å²) < 4.78 is 5.21. The molecule has 114 valence electrons. The van der Waals surface area contributed by atoms with Crippen molar-refractivity contribution in [3.05, 3.63) is 24.3 Å². The van der Waals surface area contributed by atoms with E-state index in [9.17, 15) is 9.59 Å². The van der Waals surface area contributed by atoms with E-state index in [1.807, 2.05) is 0 Å². The molecule has 0 amide bonds. The predicted molar refractivity (Wildman–Crippen MR) is 76.3 cm³/mol. The fourth-order valence-corrected chi connectivity index (χ4v) is 1.68. The summed E-state index contributed by atoms with van der Waals surface area (Å²) in [5.41, 5.74) is 0.549. The van der Waals surface area contributed by atoms with Crippen LogP contribution in [0.5, 0.6) is 0 Å². The van der Waals surface area contributed by atoms with Crippen LogP contribution in [0.3, 0.4) is 0 Å². The number of hydrogen-bond acceptors (Lipinski definition) is 4. The van der Waals surface area contributed by atoms with Crippen molar-refractivity contribution in [2.24, 2.45) is 0 Å². The van der Waals surface area contributed by atoms with Gasteiger partial charge in [-0.1, -0.05) is 19.6 Å². The van der Waals surface area contributed by atoms with Gasteiger partial charge in [-0.25, -0.2) is 9.59 Å². The van der Waals surface area contributed by atoms with Gasteiger partial charge < -0.3 is 14.9 Å². The van der Waals surface area contributed by atoms with Gasteiger partial charge in [-0.3, -0.25) is 0 Å².